The third kappa shape index (κ3) is 3.34. The van der Waals surface area contributed by atoms with E-state index in [0.29, 0.717) is 6.08 Å². The zero-order valence-electron chi connectivity index (χ0n) is 4.88. The van der Waals surface area contributed by atoms with Gasteiger partial charge in [0.2, 0.25) is 5.91 Å². The summed E-state index contributed by atoms with van der Waals surface area (Å²) in [5.74, 6) is -0.259. The van der Waals surface area contributed by atoms with Gasteiger partial charge in [0, 0.05) is 0 Å². The Balaban J connectivity index is 0.000000236. The molecule has 0 aliphatic carbocycles. The Labute approximate surface area is 56.1 Å². The number of nitrogens with one attached hydrogen (secondary N) is 2. The number of carbonyl (C=O) groups excluding carboxylic acids is 3. The van der Waals surface area contributed by atoms with Gasteiger partial charge in [0.05, 0.1) is 6.54 Å². The highest BCUT2D eigenvalue weighted by molar-refractivity contribution is 6.01. The van der Waals surface area contributed by atoms with E-state index in [1.54, 1.807) is 0 Å². The summed E-state index contributed by atoms with van der Waals surface area (Å²) in [6.07, 6.45) is 0.500. The summed E-state index contributed by atoms with van der Waals surface area (Å²) in [5.41, 5.74) is 0. The summed E-state index contributed by atoms with van der Waals surface area (Å²) < 4.78 is 0. The van der Waals surface area contributed by atoms with Crippen molar-refractivity contribution >= 4 is 18.0 Å². The van der Waals surface area contributed by atoms with Gasteiger partial charge in [-0.15, -0.1) is 0 Å². The van der Waals surface area contributed by atoms with Crippen molar-refractivity contribution in [2.75, 3.05) is 6.54 Å². The van der Waals surface area contributed by atoms with Crippen LogP contribution in [0.2, 0.25) is 0 Å². The molecule has 6 nitrogen and oxygen atoms in total. The number of hydrogen-bond donors (Lipinski definition) is 2. The quantitative estimate of drug-likeness (QED) is 0.250. The monoisotopic (exact) mass is 142 g/mol. The van der Waals surface area contributed by atoms with Gasteiger partial charge in [0.1, 0.15) is 0 Å². The SMILES string of the molecule is O=C1CNC(=O)N1.[N-]=C=O. The van der Waals surface area contributed by atoms with Crippen molar-refractivity contribution in [1.82, 2.24) is 10.6 Å². The van der Waals surface area contributed by atoms with E-state index in [4.69, 9.17) is 10.2 Å². The number of hydrogen-bond acceptors (Lipinski definition) is 3. The van der Waals surface area contributed by atoms with Crippen molar-refractivity contribution in [1.29, 1.82) is 0 Å². The lowest BCUT2D eigenvalue weighted by Gasteiger charge is -1.78. The molecular weight excluding hydrogens is 138 g/mol. The molecule has 6 heteroatoms. The maximum atomic E-state index is 10.1. The van der Waals surface area contributed by atoms with Crippen molar-refractivity contribution in [3.8, 4) is 0 Å². The molecule has 1 heterocycles. The van der Waals surface area contributed by atoms with Gasteiger partial charge in [-0.3, -0.25) is 14.9 Å². The molecule has 1 aliphatic heterocycles. The van der Waals surface area contributed by atoms with Gasteiger partial charge in [-0.1, -0.05) is 0 Å². The Morgan fingerprint density at radius 3 is 2.10 bits per heavy atom. The number of imide groups is 1. The second-order valence-corrected chi connectivity index (χ2v) is 1.32. The summed E-state index contributed by atoms with van der Waals surface area (Å²) in [7, 11) is 0. The van der Waals surface area contributed by atoms with Crippen LogP contribution in [0.25, 0.3) is 5.41 Å². The summed E-state index contributed by atoms with van der Waals surface area (Å²) >= 11 is 0. The maximum Gasteiger partial charge on any atom is 0.321 e. The fourth-order valence-corrected chi connectivity index (χ4v) is 0.376. The van der Waals surface area contributed by atoms with Crippen LogP contribution < -0.4 is 10.6 Å². The van der Waals surface area contributed by atoms with E-state index in [9.17, 15) is 9.59 Å². The molecule has 10 heavy (non-hydrogen) atoms. The number of urea groups is 1. The Kier molecular flexibility index (Phi) is 3.51. The number of carbonyl (C=O) groups is 2. The molecule has 0 saturated carbocycles. The highest BCUT2D eigenvalue weighted by Gasteiger charge is 2.14. The predicted molar refractivity (Wildman–Crippen MR) is 30.6 cm³/mol. The van der Waals surface area contributed by atoms with Gasteiger partial charge in [-0.05, 0) is 6.08 Å². The molecule has 0 spiro atoms. The largest absolute Gasteiger partial charge is 0.724 e. The van der Waals surface area contributed by atoms with Crippen LogP contribution in [0.5, 0.6) is 0 Å². The topological polar surface area (TPSA) is 97.6 Å². The van der Waals surface area contributed by atoms with Gasteiger partial charge in [-0.2, -0.15) is 0 Å². The first-order chi connectivity index (χ1) is 4.70. The standard InChI is InChI=1S/C3H4N2O2.CNO/c6-2-1-4-3(7)5-2;2-1-3/h1H2,(H2,4,5,6,7);/q;-1. The minimum Gasteiger partial charge on any atom is -0.724 e. The second-order valence-electron chi connectivity index (χ2n) is 1.32. The normalized spacial score (nSPS) is 14.0. The van der Waals surface area contributed by atoms with Gasteiger partial charge in [0.15, 0.2) is 0 Å². The fraction of sp³-hybridized carbons (Fsp3) is 0.250. The molecule has 0 unspecified atom stereocenters. The first-order valence-electron chi connectivity index (χ1n) is 2.29. The van der Waals surface area contributed by atoms with Crippen LogP contribution in [0.1, 0.15) is 0 Å². The molecule has 0 atom stereocenters. The molecule has 3 amide bonds. The molecular formula is C4H4N3O3-. The van der Waals surface area contributed by atoms with Gasteiger partial charge in [-0.25, -0.2) is 4.79 Å². The van der Waals surface area contributed by atoms with Gasteiger partial charge in [0.25, 0.3) is 0 Å². The Hall–Kier alpha value is -1.68. The Morgan fingerprint density at radius 2 is 2.00 bits per heavy atom. The van der Waals surface area contributed by atoms with Crippen molar-refractivity contribution in [3.63, 3.8) is 0 Å². The van der Waals surface area contributed by atoms with Gasteiger partial charge >= 0.3 is 6.03 Å². The number of amides is 3. The molecule has 1 saturated heterocycles. The van der Waals surface area contributed by atoms with E-state index in [0.717, 1.165) is 0 Å². The summed E-state index contributed by atoms with van der Waals surface area (Å²) in [6, 6.07) is -0.398. The smallest absolute Gasteiger partial charge is 0.321 e. The highest BCUT2D eigenvalue weighted by atomic mass is 16.2. The van der Waals surface area contributed by atoms with Crippen molar-refractivity contribution in [2.45, 2.75) is 0 Å². The Morgan fingerprint density at radius 1 is 1.50 bits per heavy atom. The van der Waals surface area contributed by atoms with E-state index in [1.807, 2.05) is 5.32 Å². The minimum atomic E-state index is -0.398. The number of rotatable bonds is 0. The van der Waals surface area contributed by atoms with Gasteiger partial charge < -0.3 is 10.7 Å². The zero-order valence-corrected chi connectivity index (χ0v) is 4.88. The third-order valence-corrected chi connectivity index (χ3v) is 0.662. The van der Waals surface area contributed by atoms with Crippen molar-refractivity contribution in [2.24, 2.45) is 0 Å². The minimum absolute atomic E-state index is 0.124. The van der Waals surface area contributed by atoms with Crippen LogP contribution >= 0.6 is 0 Å². The van der Waals surface area contributed by atoms with E-state index in [-0.39, 0.29) is 12.5 Å². The first-order valence-corrected chi connectivity index (χ1v) is 2.29. The second kappa shape index (κ2) is 4.22. The first kappa shape index (κ1) is 8.32. The van der Waals surface area contributed by atoms with E-state index in [1.165, 1.54) is 0 Å². The summed E-state index contributed by atoms with van der Waals surface area (Å²) in [4.78, 5) is 28.3. The van der Waals surface area contributed by atoms with Crippen molar-refractivity contribution < 1.29 is 14.4 Å². The highest BCUT2D eigenvalue weighted by Crippen LogP contribution is 1.73. The molecule has 0 radical (unpaired) electrons. The molecule has 0 aromatic heterocycles. The van der Waals surface area contributed by atoms with Crippen LogP contribution in [0.15, 0.2) is 0 Å². The lowest BCUT2D eigenvalue weighted by molar-refractivity contribution is -0.117. The van der Waals surface area contributed by atoms with Crippen LogP contribution in [0.3, 0.4) is 0 Å². The molecule has 1 aliphatic rings. The van der Waals surface area contributed by atoms with Crippen LogP contribution in [-0.4, -0.2) is 24.6 Å². The average Bonchev–Trinajstić information content (AvgIpc) is 2.17. The van der Waals surface area contributed by atoms with E-state index < -0.39 is 6.03 Å². The van der Waals surface area contributed by atoms with Crippen LogP contribution in [0, 0.1) is 0 Å². The van der Waals surface area contributed by atoms with E-state index >= 15 is 0 Å². The molecule has 1 fully saturated rings. The van der Waals surface area contributed by atoms with Crippen molar-refractivity contribution in [3.05, 3.63) is 5.41 Å². The summed E-state index contributed by atoms with van der Waals surface area (Å²) in [6.45, 7) is 0.124. The maximum absolute atomic E-state index is 10.1. The number of isocyanates is 1. The molecule has 1 rings (SSSR count). The zero-order chi connectivity index (χ0) is 7.98. The molecule has 2 N–H and O–H groups in total. The predicted octanol–water partition coefficient (Wildman–Crippen LogP) is -1.28. The fourth-order valence-electron chi connectivity index (χ4n) is 0.376. The lowest BCUT2D eigenvalue weighted by atomic mass is 10.7. The lowest BCUT2D eigenvalue weighted by Crippen LogP contribution is -2.22. The van der Waals surface area contributed by atoms with Crippen LogP contribution in [0.4, 0.5) is 4.79 Å². The molecule has 54 valence electrons. The van der Waals surface area contributed by atoms with E-state index in [2.05, 4.69) is 5.32 Å². The third-order valence-electron chi connectivity index (χ3n) is 0.662. The summed E-state index contributed by atoms with van der Waals surface area (Å²) in [5, 5.41) is 11.1. The van der Waals surface area contributed by atoms with Crippen LogP contribution in [-0.2, 0) is 9.59 Å². The Bertz CT molecular complexity index is 168. The average molecular weight is 142 g/mol. The molecule has 0 aromatic rings. The number of nitrogens with zero attached hydrogens (tertiary/aromatic N) is 1. The molecule has 0 bridgehead atoms. The molecule has 0 aromatic carbocycles.